The Kier molecular flexibility index (Phi) is 7.79. The van der Waals surface area contributed by atoms with Gasteiger partial charge in [-0.3, -0.25) is 4.90 Å². The molecule has 1 aromatic carbocycles. The van der Waals surface area contributed by atoms with Gasteiger partial charge in [0, 0.05) is 19.1 Å². The summed E-state index contributed by atoms with van der Waals surface area (Å²) < 4.78 is 2.03. The van der Waals surface area contributed by atoms with Gasteiger partial charge in [0.2, 0.25) is 0 Å². The summed E-state index contributed by atoms with van der Waals surface area (Å²) in [6.45, 7) is 6.67. The van der Waals surface area contributed by atoms with E-state index < -0.39 is 0 Å². The van der Waals surface area contributed by atoms with Crippen LogP contribution < -0.4 is 10.6 Å². The van der Waals surface area contributed by atoms with Crippen LogP contribution in [0.25, 0.3) is 0 Å². The van der Waals surface area contributed by atoms with Crippen molar-refractivity contribution in [2.45, 2.75) is 76.9 Å². The van der Waals surface area contributed by atoms with E-state index >= 15 is 0 Å². The molecule has 0 bridgehead atoms. The molecule has 1 saturated carbocycles. The minimum atomic E-state index is 0.259. The number of aryl methyl sites for hydroxylation is 1. The lowest BCUT2D eigenvalue weighted by Gasteiger charge is -2.48. The zero-order valence-electron chi connectivity index (χ0n) is 19.8. The lowest BCUT2D eigenvalue weighted by atomic mass is 9.79. The van der Waals surface area contributed by atoms with Crippen LogP contribution in [0.4, 0.5) is 0 Å². The average Bonchev–Trinajstić information content (AvgIpc) is 3.17. The second-order valence-electron chi connectivity index (χ2n) is 9.41. The van der Waals surface area contributed by atoms with E-state index in [0.717, 1.165) is 24.2 Å². The summed E-state index contributed by atoms with van der Waals surface area (Å²) in [5.41, 5.74) is 1.47. The molecule has 0 radical (unpaired) electrons. The molecule has 7 heteroatoms. The Morgan fingerprint density at radius 2 is 1.69 bits per heavy atom. The van der Waals surface area contributed by atoms with Crippen LogP contribution in [0.15, 0.2) is 35.3 Å². The van der Waals surface area contributed by atoms with Crippen molar-refractivity contribution in [1.82, 2.24) is 30.3 Å². The molecule has 1 aromatic heterocycles. The Bertz CT molecular complexity index is 862. The number of hydrogen-bond donors (Lipinski definition) is 2. The van der Waals surface area contributed by atoms with E-state index in [-0.39, 0.29) is 5.54 Å². The van der Waals surface area contributed by atoms with Gasteiger partial charge in [-0.25, -0.2) is 4.99 Å². The summed E-state index contributed by atoms with van der Waals surface area (Å²) in [6, 6.07) is 10.4. The van der Waals surface area contributed by atoms with Gasteiger partial charge in [-0.05, 0) is 51.3 Å². The molecule has 2 fully saturated rings. The zero-order chi connectivity index (χ0) is 22.2. The molecule has 0 amide bonds. The van der Waals surface area contributed by atoms with Crippen molar-refractivity contribution >= 4 is 5.96 Å². The van der Waals surface area contributed by atoms with Gasteiger partial charge in [0.25, 0.3) is 0 Å². The lowest BCUT2D eigenvalue weighted by Crippen LogP contribution is -2.59. The molecule has 2 heterocycles. The number of guanidine groups is 1. The second kappa shape index (κ2) is 10.9. The molecule has 0 unspecified atom stereocenters. The molecule has 1 saturated heterocycles. The van der Waals surface area contributed by atoms with Crippen molar-refractivity contribution in [2.75, 3.05) is 19.6 Å². The van der Waals surface area contributed by atoms with E-state index in [4.69, 9.17) is 4.99 Å². The largest absolute Gasteiger partial charge is 0.355 e. The smallest absolute Gasteiger partial charge is 0.192 e. The molecular weight excluding hydrogens is 398 g/mol. The monoisotopic (exact) mass is 437 g/mol. The van der Waals surface area contributed by atoms with Crippen LogP contribution in [0, 0.1) is 6.92 Å². The second-order valence-corrected chi connectivity index (χ2v) is 9.41. The normalized spacial score (nSPS) is 19.6. The van der Waals surface area contributed by atoms with Crippen LogP contribution in [0.5, 0.6) is 0 Å². The molecule has 174 valence electrons. The predicted octanol–water partition coefficient (Wildman–Crippen LogP) is 3.55. The van der Waals surface area contributed by atoms with Crippen LogP contribution in [0.1, 0.15) is 68.6 Å². The zero-order valence-corrected chi connectivity index (χ0v) is 19.8. The summed E-state index contributed by atoms with van der Waals surface area (Å²) in [5.74, 6) is 2.69. The highest BCUT2D eigenvalue weighted by molar-refractivity contribution is 5.79. The van der Waals surface area contributed by atoms with E-state index in [1.165, 1.54) is 70.0 Å². The van der Waals surface area contributed by atoms with Gasteiger partial charge in [-0.2, -0.15) is 0 Å². The first kappa shape index (κ1) is 22.8. The maximum atomic E-state index is 4.92. The standard InChI is InChI=1S/C25H39N7/c1-21-29-30-23(31(21)2)19-27-24(26-18-22-12-6-3-7-13-22)28-20-25(14-8-4-9-15-25)32-16-10-5-11-17-32/h3,6-7,12-13H,4-5,8-11,14-20H2,1-2H3,(H2,26,27,28). The first-order valence-electron chi connectivity index (χ1n) is 12.3. The predicted molar refractivity (Wildman–Crippen MR) is 129 cm³/mol. The van der Waals surface area contributed by atoms with Crippen molar-refractivity contribution in [3.63, 3.8) is 0 Å². The number of piperidine rings is 1. The van der Waals surface area contributed by atoms with Crippen LogP contribution in [-0.2, 0) is 20.1 Å². The van der Waals surface area contributed by atoms with Gasteiger partial charge in [0.1, 0.15) is 5.82 Å². The van der Waals surface area contributed by atoms with Crippen molar-refractivity contribution in [3.05, 3.63) is 47.5 Å². The number of nitrogens with zero attached hydrogens (tertiary/aromatic N) is 5. The first-order chi connectivity index (χ1) is 15.7. The molecule has 0 atom stereocenters. The van der Waals surface area contributed by atoms with E-state index in [0.29, 0.717) is 13.1 Å². The van der Waals surface area contributed by atoms with Gasteiger partial charge in [0.15, 0.2) is 11.8 Å². The SMILES string of the molecule is Cc1nnc(CNC(=NCc2ccccc2)NCC2(N3CCCCC3)CCCCC2)n1C. The number of likely N-dealkylation sites (tertiary alicyclic amines) is 1. The van der Waals surface area contributed by atoms with Gasteiger partial charge in [0.05, 0.1) is 13.1 Å². The maximum Gasteiger partial charge on any atom is 0.192 e. The number of aromatic nitrogens is 3. The quantitative estimate of drug-likeness (QED) is 0.512. The molecule has 1 aliphatic carbocycles. The van der Waals surface area contributed by atoms with Crippen molar-refractivity contribution in [3.8, 4) is 0 Å². The molecule has 1 aliphatic heterocycles. The highest BCUT2D eigenvalue weighted by Gasteiger charge is 2.38. The highest BCUT2D eigenvalue weighted by Crippen LogP contribution is 2.35. The van der Waals surface area contributed by atoms with Crippen LogP contribution in [0.2, 0.25) is 0 Å². The number of nitrogens with one attached hydrogen (secondary N) is 2. The summed E-state index contributed by atoms with van der Waals surface area (Å²) in [5, 5.41) is 15.7. The first-order valence-corrected chi connectivity index (χ1v) is 12.3. The van der Waals surface area contributed by atoms with E-state index in [1.807, 2.05) is 24.6 Å². The maximum absolute atomic E-state index is 4.92. The van der Waals surface area contributed by atoms with Gasteiger partial charge in [-0.15, -0.1) is 10.2 Å². The molecule has 2 N–H and O–H groups in total. The number of hydrogen-bond acceptors (Lipinski definition) is 4. The van der Waals surface area contributed by atoms with Gasteiger partial charge >= 0.3 is 0 Å². The summed E-state index contributed by atoms with van der Waals surface area (Å²) in [7, 11) is 2.01. The number of rotatable bonds is 7. The van der Waals surface area contributed by atoms with Crippen LogP contribution >= 0.6 is 0 Å². The van der Waals surface area contributed by atoms with E-state index in [9.17, 15) is 0 Å². The Morgan fingerprint density at radius 3 is 2.38 bits per heavy atom. The lowest BCUT2D eigenvalue weighted by molar-refractivity contribution is 0.0368. The number of aliphatic imine (C=N–C) groups is 1. The fourth-order valence-electron chi connectivity index (χ4n) is 5.13. The topological polar surface area (TPSA) is 70.4 Å². The number of benzene rings is 1. The molecular formula is C25H39N7. The molecule has 4 rings (SSSR count). The highest BCUT2D eigenvalue weighted by atomic mass is 15.3. The van der Waals surface area contributed by atoms with Gasteiger partial charge < -0.3 is 15.2 Å². The van der Waals surface area contributed by atoms with Crippen molar-refractivity contribution in [1.29, 1.82) is 0 Å². The molecule has 7 nitrogen and oxygen atoms in total. The molecule has 2 aliphatic rings. The average molecular weight is 438 g/mol. The summed E-state index contributed by atoms with van der Waals surface area (Å²) >= 11 is 0. The third kappa shape index (κ3) is 5.68. The third-order valence-electron chi connectivity index (χ3n) is 7.26. The Labute approximate surface area is 192 Å². The third-order valence-corrected chi connectivity index (χ3v) is 7.26. The van der Waals surface area contributed by atoms with Gasteiger partial charge in [-0.1, -0.05) is 56.0 Å². The van der Waals surface area contributed by atoms with Crippen LogP contribution in [0.3, 0.4) is 0 Å². The Morgan fingerprint density at radius 1 is 0.969 bits per heavy atom. The van der Waals surface area contributed by atoms with E-state index in [1.54, 1.807) is 0 Å². The molecule has 32 heavy (non-hydrogen) atoms. The van der Waals surface area contributed by atoms with E-state index in [2.05, 4.69) is 50.0 Å². The Balaban J connectivity index is 1.46. The molecule has 2 aromatic rings. The summed E-state index contributed by atoms with van der Waals surface area (Å²) in [6.07, 6.45) is 10.7. The van der Waals surface area contributed by atoms with Crippen molar-refractivity contribution in [2.24, 2.45) is 12.0 Å². The fraction of sp³-hybridized carbons (Fsp3) is 0.640. The van der Waals surface area contributed by atoms with Crippen molar-refractivity contribution < 1.29 is 0 Å². The Hall–Kier alpha value is -2.41. The minimum absolute atomic E-state index is 0.259. The fourth-order valence-corrected chi connectivity index (χ4v) is 5.13. The minimum Gasteiger partial charge on any atom is -0.355 e. The molecule has 0 spiro atoms. The summed E-state index contributed by atoms with van der Waals surface area (Å²) in [4.78, 5) is 7.71. The van der Waals surface area contributed by atoms with Crippen LogP contribution in [-0.4, -0.2) is 50.8 Å².